The number of hydrogen-bond donors (Lipinski definition) is 1. The number of sulfonamides is 1. The van der Waals surface area contributed by atoms with E-state index in [2.05, 4.69) is 32.8 Å². The number of rotatable bonds is 6. The summed E-state index contributed by atoms with van der Waals surface area (Å²) in [4.78, 5) is 2.45. The predicted octanol–water partition coefficient (Wildman–Crippen LogP) is 4.10. The average Bonchev–Trinajstić information content (AvgIpc) is 2.54. The maximum absolute atomic E-state index is 12.2. The third-order valence-electron chi connectivity index (χ3n) is 3.37. The summed E-state index contributed by atoms with van der Waals surface area (Å²) in [6.07, 6.45) is 2.13. The lowest BCUT2D eigenvalue weighted by atomic mass is 10.1. The molecule has 0 spiro atoms. The molecule has 0 atom stereocenters. The van der Waals surface area contributed by atoms with Crippen LogP contribution in [0.2, 0.25) is 0 Å². The van der Waals surface area contributed by atoms with Gasteiger partial charge in [-0.05, 0) is 48.7 Å². The van der Waals surface area contributed by atoms with Gasteiger partial charge in [0.05, 0.1) is 10.6 Å². The van der Waals surface area contributed by atoms with Crippen molar-refractivity contribution in [3.63, 3.8) is 0 Å². The van der Waals surface area contributed by atoms with Crippen LogP contribution < -0.4 is 4.83 Å². The molecule has 0 heterocycles. The molecule has 0 aliphatic heterocycles. The fourth-order valence-corrected chi connectivity index (χ4v) is 3.18. The quantitative estimate of drug-likeness (QED) is 0.591. The molecule has 0 amide bonds. The Kier molecular flexibility index (Phi) is 5.96. The van der Waals surface area contributed by atoms with Gasteiger partial charge in [-0.3, -0.25) is 0 Å². The Morgan fingerprint density at radius 2 is 1.70 bits per heavy atom. The van der Waals surface area contributed by atoms with E-state index in [0.717, 1.165) is 22.9 Å². The number of nitrogens with one attached hydrogen (secondary N) is 1. The van der Waals surface area contributed by atoms with Crippen molar-refractivity contribution >= 4 is 31.7 Å². The smallest absolute Gasteiger partial charge is 0.200 e. The highest BCUT2D eigenvalue weighted by Gasteiger charge is 2.12. The second-order valence-electron chi connectivity index (χ2n) is 5.19. The molecule has 122 valence electrons. The molecule has 4 nitrogen and oxygen atoms in total. The number of hydrogen-bond acceptors (Lipinski definition) is 3. The first-order valence-electron chi connectivity index (χ1n) is 7.33. The maximum Gasteiger partial charge on any atom is 0.276 e. The van der Waals surface area contributed by atoms with Crippen LogP contribution in [-0.4, -0.2) is 14.1 Å². The first kappa shape index (κ1) is 17.7. The molecule has 1 N–H and O–H groups in total. The minimum atomic E-state index is -3.66. The van der Waals surface area contributed by atoms with Gasteiger partial charge in [-0.25, -0.2) is 0 Å². The molecule has 0 radical (unpaired) electrons. The predicted molar refractivity (Wildman–Crippen MR) is 97.1 cm³/mol. The number of benzene rings is 2. The fourth-order valence-electron chi connectivity index (χ4n) is 2.06. The normalized spacial score (nSPS) is 12.2. The van der Waals surface area contributed by atoms with E-state index in [4.69, 9.17) is 0 Å². The Hall–Kier alpha value is -1.66. The summed E-state index contributed by atoms with van der Waals surface area (Å²) < 4.78 is 25.2. The first-order chi connectivity index (χ1) is 10.9. The summed E-state index contributed by atoms with van der Waals surface area (Å²) in [7, 11) is -3.66. The van der Waals surface area contributed by atoms with Crippen LogP contribution in [0.25, 0.3) is 0 Å². The summed E-state index contributed by atoms with van der Waals surface area (Å²) in [6.45, 7) is 3.91. The van der Waals surface area contributed by atoms with Crippen molar-refractivity contribution in [2.24, 2.45) is 5.10 Å². The maximum atomic E-state index is 12.2. The minimum absolute atomic E-state index is 0.176. The molecule has 2 aromatic carbocycles. The SMILES string of the molecule is CCCc1ccc(/C(C)=N/NS(=O)(=O)c2ccc(Br)cc2)cc1. The average molecular weight is 395 g/mol. The van der Waals surface area contributed by atoms with Crippen LogP contribution in [0, 0.1) is 0 Å². The second-order valence-corrected chi connectivity index (χ2v) is 7.77. The van der Waals surface area contributed by atoms with Crippen molar-refractivity contribution in [3.05, 3.63) is 64.1 Å². The molecule has 0 bridgehead atoms. The molecule has 0 fully saturated rings. The molecule has 0 aromatic heterocycles. The van der Waals surface area contributed by atoms with Crippen LogP contribution in [0.5, 0.6) is 0 Å². The zero-order valence-corrected chi connectivity index (χ0v) is 15.5. The second kappa shape index (κ2) is 7.75. The van der Waals surface area contributed by atoms with Crippen LogP contribution in [0.1, 0.15) is 31.4 Å². The largest absolute Gasteiger partial charge is 0.276 e. The van der Waals surface area contributed by atoms with Crippen LogP contribution in [-0.2, 0) is 16.4 Å². The standard InChI is InChI=1S/C17H19BrN2O2S/c1-3-4-14-5-7-15(8-6-14)13(2)19-20-23(21,22)17-11-9-16(18)10-12-17/h5-12,20H,3-4H2,1-2H3/b19-13+. The molecular formula is C17H19BrN2O2S. The van der Waals surface area contributed by atoms with Gasteiger partial charge >= 0.3 is 0 Å². The molecule has 0 aliphatic rings. The number of halogens is 1. The van der Waals surface area contributed by atoms with Gasteiger partial charge in [-0.15, -0.1) is 0 Å². The van der Waals surface area contributed by atoms with Crippen LogP contribution >= 0.6 is 15.9 Å². The van der Waals surface area contributed by atoms with E-state index in [9.17, 15) is 8.42 Å². The summed E-state index contributed by atoms with van der Waals surface area (Å²) in [5, 5.41) is 4.01. The lowest BCUT2D eigenvalue weighted by Gasteiger charge is -2.06. The first-order valence-corrected chi connectivity index (χ1v) is 9.61. The molecule has 6 heteroatoms. The highest BCUT2D eigenvalue weighted by Crippen LogP contribution is 2.14. The van der Waals surface area contributed by atoms with E-state index in [1.807, 2.05) is 24.3 Å². The van der Waals surface area contributed by atoms with E-state index in [0.29, 0.717) is 5.71 Å². The molecule has 2 aromatic rings. The Morgan fingerprint density at radius 3 is 2.26 bits per heavy atom. The summed E-state index contributed by atoms with van der Waals surface area (Å²) in [5.74, 6) is 0. The summed E-state index contributed by atoms with van der Waals surface area (Å²) in [5.41, 5.74) is 2.77. The van der Waals surface area contributed by atoms with Crippen molar-refractivity contribution in [2.45, 2.75) is 31.6 Å². The topological polar surface area (TPSA) is 58.5 Å². The third kappa shape index (κ3) is 4.91. The van der Waals surface area contributed by atoms with Gasteiger partial charge in [0.1, 0.15) is 0 Å². The van der Waals surface area contributed by atoms with E-state index in [1.54, 1.807) is 19.1 Å². The molecule has 0 unspecified atom stereocenters. The Balaban J connectivity index is 2.13. The van der Waals surface area contributed by atoms with Gasteiger partial charge in [-0.2, -0.15) is 18.4 Å². The van der Waals surface area contributed by atoms with Crippen molar-refractivity contribution in [2.75, 3.05) is 0 Å². The van der Waals surface area contributed by atoms with Crippen LogP contribution in [0.3, 0.4) is 0 Å². The Morgan fingerprint density at radius 1 is 1.09 bits per heavy atom. The highest BCUT2D eigenvalue weighted by atomic mass is 79.9. The lowest BCUT2D eigenvalue weighted by Crippen LogP contribution is -2.19. The van der Waals surface area contributed by atoms with Gasteiger partial charge in [-0.1, -0.05) is 53.5 Å². The van der Waals surface area contributed by atoms with E-state index < -0.39 is 10.0 Å². The Labute approximate surface area is 145 Å². The Bertz CT molecular complexity index is 782. The zero-order valence-electron chi connectivity index (χ0n) is 13.1. The van der Waals surface area contributed by atoms with Crippen molar-refractivity contribution in [1.82, 2.24) is 4.83 Å². The van der Waals surface area contributed by atoms with Crippen LogP contribution in [0.4, 0.5) is 0 Å². The lowest BCUT2D eigenvalue weighted by molar-refractivity contribution is 0.584. The van der Waals surface area contributed by atoms with Gasteiger partial charge in [0.2, 0.25) is 0 Å². The summed E-state index contributed by atoms with van der Waals surface area (Å²) in [6, 6.07) is 14.4. The third-order valence-corrected chi connectivity index (χ3v) is 5.12. The van der Waals surface area contributed by atoms with Crippen molar-refractivity contribution < 1.29 is 8.42 Å². The molecular weight excluding hydrogens is 376 g/mol. The van der Waals surface area contributed by atoms with Gasteiger partial charge in [0.15, 0.2) is 0 Å². The molecule has 0 saturated carbocycles. The van der Waals surface area contributed by atoms with Gasteiger partial charge < -0.3 is 0 Å². The molecule has 0 aliphatic carbocycles. The zero-order chi connectivity index (χ0) is 16.9. The van der Waals surface area contributed by atoms with Gasteiger partial charge in [0, 0.05) is 4.47 Å². The monoisotopic (exact) mass is 394 g/mol. The van der Waals surface area contributed by atoms with Crippen molar-refractivity contribution in [3.8, 4) is 0 Å². The minimum Gasteiger partial charge on any atom is -0.200 e. The highest BCUT2D eigenvalue weighted by molar-refractivity contribution is 9.10. The fraction of sp³-hybridized carbons (Fsp3) is 0.235. The molecule has 0 saturated heterocycles. The molecule has 2 rings (SSSR count). The van der Waals surface area contributed by atoms with E-state index in [1.165, 1.54) is 17.7 Å². The van der Waals surface area contributed by atoms with E-state index >= 15 is 0 Å². The van der Waals surface area contributed by atoms with Gasteiger partial charge in [0.25, 0.3) is 10.0 Å². The van der Waals surface area contributed by atoms with Crippen molar-refractivity contribution in [1.29, 1.82) is 0 Å². The van der Waals surface area contributed by atoms with E-state index in [-0.39, 0.29) is 4.90 Å². The number of nitrogens with zero attached hydrogens (tertiary/aromatic N) is 1. The number of hydrazone groups is 1. The van der Waals surface area contributed by atoms with Crippen LogP contribution in [0.15, 0.2) is 63.0 Å². The molecule has 23 heavy (non-hydrogen) atoms. The summed E-state index contributed by atoms with van der Waals surface area (Å²) >= 11 is 3.28. The number of aryl methyl sites for hydroxylation is 1.